The Kier molecular flexibility index (Phi) is 0.107. The van der Waals surface area contributed by atoms with E-state index in [1.54, 1.807) is 0 Å². The number of hydrogen-bond donors (Lipinski definition) is 0. The molecule has 0 radical (unpaired) electrons. The van der Waals surface area contributed by atoms with Gasteiger partial charge in [-0.25, -0.2) is 9.15 Å². The van der Waals surface area contributed by atoms with Crippen molar-refractivity contribution in [2.75, 3.05) is 0 Å². The minimum absolute atomic E-state index is 2.14. The van der Waals surface area contributed by atoms with Gasteiger partial charge in [0, 0.05) is 0 Å². The first-order chi connectivity index (χ1) is 2.00. The predicted molar refractivity (Wildman–Crippen MR) is 8.65 cm³/mol. The van der Waals surface area contributed by atoms with E-state index in [1.807, 2.05) is 0 Å². The lowest BCUT2D eigenvalue weighted by molar-refractivity contribution is 0.0128. The molecule has 0 amide bonds. The maximum absolute atomic E-state index is 3.86. The Hall–Kier alpha value is -0.840. The molecule has 4 heavy (non-hydrogen) atoms. The van der Waals surface area contributed by atoms with Crippen molar-refractivity contribution in [2.45, 2.75) is 0 Å². The van der Waals surface area contributed by atoms with Gasteiger partial charge in [-0.3, -0.25) is 0 Å². The van der Waals surface area contributed by atoms with Gasteiger partial charge in [0.1, 0.15) is 0 Å². The van der Waals surface area contributed by atoms with E-state index in [4.69, 9.17) is 0 Å². The monoisotopic (exact) mass is 56.0 g/mol. The fourth-order valence-electron chi connectivity index (χ4n) is 0.0417. The van der Waals surface area contributed by atoms with Gasteiger partial charge in [0.15, 0.2) is 0 Å². The zero-order valence-electron chi connectivity index (χ0n) is 1.82. The molecule has 2 nitrogen and oxygen atoms in total. The number of rotatable bonds is 0. The molecule has 0 aliphatic heterocycles. The Labute approximate surface area is 22.9 Å². The molecule has 0 aliphatic rings. The SMILES string of the molecule is c1ooc#1. The summed E-state index contributed by atoms with van der Waals surface area (Å²) in [7, 11) is 0. The van der Waals surface area contributed by atoms with Crippen molar-refractivity contribution in [2.24, 2.45) is 0 Å². The van der Waals surface area contributed by atoms with Crippen LogP contribution in [0, 0.1) is 12.5 Å². The molecular formula is C2O2. The Morgan fingerprint density at radius 2 is 1.25 bits per heavy atom. The molecule has 0 aliphatic carbocycles. The third kappa shape index (κ3) is 0.00297. The van der Waals surface area contributed by atoms with Crippen LogP contribution in [0.15, 0.2) is 9.15 Å². The van der Waals surface area contributed by atoms with E-state index < -0.39 is 0 Å². The van der Waals surface area contributed by atoms with E-state index in [2.05, 4.69) is 21.7 Å². The fraction of sp³-hybridized carbons (Fsp3) is 0. The Balaban J connectivity index is 3.00. The molecule has 0 atom stereocenters. The molecule has 1 rings (SSSR count). The van der Waals surface area contributed by atoms with Gasteiger partial charge in [-0.1, -0.05) is 0 Å². The molecule has 0 unspecified atom stereocenters. The third-order valence-corrected chi connectivity index (χ3v) is 0.167. The van der Waals surface area contributed by atoms with Crippen molar-refractivity contribution in [3.8, 4) is 0 Å². The first-order valence-corrected chi connectivity index (χ1v) is 0.825. The smallest absolute Gasteiger partial charge is 0.221 e. The minimum Gasteiger partial charge on any atom is -0.221 e. The van der Waals surface area contributed by atoms with Crippen LogP contribution >= 0.6 is 0 Å². The lowest BCUT2D eigenvalue weighted by Crippen LogP contribution is -1.40. The van der Waals surface area contributed by atoms with E-state index >= 15 is 0 Å². The van der Waals surface area contributed by atoms with E-state index in [0.29, 0.717) is 0 Å². The van der Waals surface area contributed by atoms with Gasteiger partial charge in [0.2, 0.25) is 12.5 Å². The summed E-state index contributed by atoms with van der Waals surface area (Å²) in [5, 5.41) is 0. The van der Waals surface area contributed by atoms with Gasteiger partial charge < -0.3 is 0 Å². The molecule has 0 N–H and O–H groups in total. The van der Waals surface area contributed by atoms with E-state index in [-0.39, 0.29) is 0 Å². The van der Waals surface area contributed by atoms with Crippen LogP contribution in [0.4, 0.5) is 0 Å². The molecule has 2 heteroatoms. The molecule has 0 fully saturated rings. The maximum atomic E-state index is 3.86. The lowest BCUT2D eigenvalue weighted by Gasteiger charge is -1.58. The molecule has 0 saturated heterocycles. The predicted octanol–water partition coefficient (Wildman–Crippen LogP) is 0.473. The topological polar surface area (TPSA) is 26.3 Å². The zero-order valence-corrected chi connectivity index (χ0v) is 1.82. The molecule has 20 valence electrons. The first kappa shape index (κ1) is 1.48. The van der Waals surface area contributed by atoms with Gasteiger partial charge in [-0.05, 0) is 0 Å². The van der Waals surface area contributed by atoms with Gasteiger partial charge in [-0.15, -0.1) is 0 Å². The highest BCUT2D eigenvalue weighted by atomic mass is 17.0. The van der Waals surface area contributed by atoms with Crippen LogP contribution in [0.2, 0.25) is 0 Å². The highest BCUT2D eigenvalue weighted by Gasteiger charge is 1.52. The summed E-state index contributed by atoms with van der Waals surface area (Å²) < 4.78 is 7.72. The van der Waals surface area contributed by atoms with Crippen LogP contribution in [0.5, 0.6) is 0 Å². The average Bonchev–Trinajstić information content (AvgIpc) is 0.722. The Morgan fingerprint density at radius 1 is 1.00 bits per heavy atom. The van der Waals surface area contributed by atoms with Crippen molar-refractivity contribution < 1.29 is 9.15 Å². The summed E-state index contributed by atoms with van der Waals surface area (Å²) in [6, 6.07) is 0. The van der Waals surface area contributed by atoms with E-state index in [1.165, 1.54) is 0 Å². The fourth-order valence-corrected chi connectivity index (χ4v) is 0.0417. The molecule has 0 saturated carbocycles. The summed E-state index contributed by atoms with van der Waals surface area (Å²) in [5.41, 5.74) is 0. The largest absolute Gasteiger partial charge is 0.221 e. The highest BCUT2D eigenvalue weighted by molar-refractivity contribution is 4.12. The Bertz CT molecular complexity index is 45.8. The quantitative estimate of drug-likeness (QED) is 0.404. The molecule has 1 aromatic heterocycles. The summed E-state index contributed by atoms with van der Waals surface area (Å²) in [4.78, 5) is 0. The van der Waals surface area contributed by atoms with Gasteiger partial charge in [0.05, 0.1) is 0 Å². The zero-order chi connectivity index (χ0) is 2.83. The van der Waals surface area contributed by atoms with Crippen molar-refractivity contribution >= 4 is 0 Å². The second-order valence-electron chi connectivity index (χ2n) is 0.371. The van der Waals surface area contributed by atoms with E-state index in [9.17, 15) is 0 Å². The molecule has 0 aromatic carbocycles. The van der Waals surface area contributed by atoms with Crippen molar-refractivity contribution in [1.82, 2.24) is 0 Å². The standard InChI is InChI=1S/C2O2/c1-2-4-3-1. The second kappa shape index (κ2) is 0.291. The van der Waals surface area contributed by atoms with Crippen LogP contribution in [-0.4, -0.2) is 0 Å². The third-order valence-electron chi connectivity index (χ3n) is 0.167. The van der Waals surface area contributed by atoms with Gasteiger partial charge in [-0.2, -0.15) is 0 Å². The number of hydrogen-bond acceptors (Lipinski definition) is 2. The molecule has 0 bridgehead atoms. The van der Waals surface area contributed by atoms with Crippen LogP contribution in [0.25, 0.3) is 0 Å². The van der Waals surface area contributed by atoms with Crippen LogP contribution < -0.4 is 0 Å². The normalized spacial score (nSPS) is 6.00. The summed E-state index contributed by atoms with van der Waals surface area (Å²) in [5.74, 6) is 0. The van der Waals surface area contributed by atoms with Crippen molar-refractivity contribution in [3.63, 3.8) is 0 Å². The van der Waals surface area contributed by atoms with Gasteiger partial charge in [0.25, 0.3) is 0 Å². The molecular weight excluding hydrogens is 56.0 g/mol. The van der Waals surface area contributed by atoms with Crippen LogP contribution in [0.1, 0.15) is 0 Å². The molecule has 0 spiro atoms. The van der Waals surface area contributed by atoms with E-state index in [0.717, 1.165) is 0 Å². The van der Waals surface area contributed by atoms with Gasteiger partial charge >= 0.3 is 0 Å². The van der Waals surface area contributed by atoms with Crippen molar-refractivity contribution in [3.05, 3.63) is 12.5 Å². The van der Waals surface area contributed by atoms with Crippen LogP contribution in [-0.2, 0) is 0 Å². The summed E-state index contributed by atoms with van der Waals surface area (Å²) in [6.07, 6.45) is 4.28. The van der Waals surface area contributed by atoms with Crippen molar-refractivity contribution in [1.29, 1.82) is 0 Å². The summed E-state index contributed by atoms with van der Waals surface area (Å²) in [6.45, 7) is 0. The summed E-state index contributed by atoms with van der Waals surface area (Å²) >= 11 is 0. The highest BCUT2D eigenvalue weighted by Crippen LogP contribution is 1.65. The lowest BCUT2D eigenvalue weighted by atomic mass is 11.3. The maximum Gasteiger partial charge on any atom is 0.221 e. The average molecular weight is 56.0 g/mol. The molecule has 1 aromatic rings. The van der Waals surface area contributed by atoms with Crippen LogP contribution in [0.3, 0.4) is 0 Å². The molecule has 1 heterocycles. The second-order valence-corrected chi connectivity index (χ2v) is 0.371. The Morgan fingerprint density at radius 3 is 1.25 bits per heavy atom. The first-order valence-electron chi connectivity index (χ1n) is 0.825. The minimum atomic E-state index is 2.14.